The Morgan fingerprint density at radius 2 is 1.60 bits per heavy atom. The minimum absolute atomic E-state index is 0.0699. The Labute approximate surface area is 179 Å². The predicted molar refractivity (Wildman–Crippen MR) is 119 cm³/mol. The molecule has 2 amide bonds. The van der Waals surface area contributed by atoms with Crippen molar-refractivity contribution in [1.82, 2.24) is 9.80 Å². The second-order valence-electron chi connectivity index (χ2n) is 8.84. The van der Waals surface area contributed by atoms with Gasteiger partial charge in [-0.05, 0) is 49.8 Å². The van der Waals surface area contributed by atoms with E-state index in [1.54, 1.807) is 0 Å². The van der Waals surface area contributed by atoms with Crippen LogP contribution in [0.3, 0.4) is 0 Å². The molecule has 1 saturated carbocycles. The Bertz CT molecular complexity index is 900. The van der Waals surface area contributed by atoms with Gasteiger partial charge in [0.05, 0.1) is 0 Å². The summed E-state index contributed by atoms with van der Waals surface area (Å²) in [6, 6.07) is 16.1. The summed E-state index contributed by atoms with van der Waals surface area (Å²) < 4.78 is 0. The van der Waals surface area contributed by atoms with Crippen molar-refractivity contribution in [2.24, 2.45) is 0 Å². The number of carbonyl (C=O) groups is 2. The summed E-state index contributed by atoms with van der Waals surface area (Å²) in [7, 11) is 0. The zero-order valence-electron chi connectivity index (χ0n) is 18.1. The van der Waals surface area contributed by atoms with E-state index in [4.69, 9.17) is 0 Å². The molecule has 0 aromatic heterocycles. The summed E-state index contributed by atoms with van der Waals surface area (Å²) in [5.74, 6) is 0.167. The van der Waals surface area contributed by atoms with Gasteiger partial charge in [-0.1, -0.05) is 73.4 Å². The fraction of sp³-hybridized carbons (Fsp3) is 0.462. The summed E-state index contributed by atoms with van der Waals surface area (Å²) in [5.41, 5.74) is 4.44. The van der Waals surface area contributed by atoms with Crippen molar-refractivity contribution in [2.75, 3.05) is 13.1 Å². The average molecular weight is 405 g/mol. The number of rotatable bonds is 5. The van der Waals surface area contributed by atoms with Crippen LogP contribution >= 0.6 is 0 Å². The molecular formula is C26H32N2O2. The predicted octanol–water partition coefficient (Wildman–Crippen LogP) is 4.59. The van der Waals surface area contributed by atoms with Crippen molar-refractivity contribution in [3.63, 3.8) is 0 Å². The molecular weight excluding hydrogens is 372 g/mol. The summed E-state index contributed by atoms with van der Waals surface area (Å²) in [6.07, 6.45) is 6.32. The molecule has 2 aromatic carbocycles. The molecule has 4 heteroatoms. The maximum atomic E-state index is 13.7. The lowest BCUT2D eigenvalue weighted by molar-refractivity contribution is -0.159. The van der Waals surface area contributed by atoms with Gasteiger partial charge in [0.1, 0.15) is 12.6 Å². The Kier molecular flexibility index (Phi) is 6.21. The fourth-order valence-electron chi connectivity index (χ4n) is 4.90. The number of piperazine rings is 1. The van der Waals surface area contributed by atoms with E-state index in [9.17, 15) is 9.59 Å². The molecule has 0 bridgehead atoms. The number of hydrogen-bond acceptors (Lipinski definition) is 2. The lowest BCUT2D eigenvalue weighted by atomic mass is 9.90. The lowest BCUT2D eigenvalue weighted by Gasteiger charge is -2.45. The Balaban J connectivity index is 1.61. The molecule has 2 fully saturated rings. The first-order valence-corrected chi connectivity index (χ1v) is 11.3. The van der Waals surface area contributed by atoms with Gasteiger partial charge < -0.3 is 9.80 Å². The number of amides is 2. The fourth-order valence-corrected chi connectivity index (χ4v) is 4.90. The summed E-state index contributed by atoms with van der Waals surface area (Å²) in [6.45, 7) is 4.89. The van der Waals surface area contributed by atoms with E-state index in [2.05, 4.69) is 31.2 Å². The third kappa shape index (κ3) is 4.28. The van der Waals surface area contributed by atoms with Crippen LogP contribution in [0.1, 0.15) is 60.4 Å². The molecule has 30 heavy (non-hydrogen) atoms. The normalized spacial score (nSPS) is 20.7. The largest absolute Gasteiger partial charge is 0.328 e. The number of nitrogens with zero attached hydrogens (tertiary/aromatic N) is 2. The van der Waals surface area contributed by atoms with Crippen LogP contribution in [0.4, 0.5) is 0 Å². The molecule has 1 aliphatic heterocycles. The first-order valence-electron chi connectivity index (χ1n) is 11.3. The standard InChI is InChI=1S/C26H32N2O2/c1-19-12-14-21(15-13-19)16-17-27-24(29)18-28(22-9-4-3-5-10-22)26(30)25(27)23-11-7-6-8-20(23)2/h6-8,11-15,22,25H,3-5,9-10,16-18H2,1-2H3. The molecule has 1 saturated heterocycles. The summed E-state index contributed by atoms with van der Waals surface area (Å²) in [4.78, 5) is 30.7. The highest BCUT2D eigenvalue weighted by atomic mass is 16.2. The van der Waals surface area contributed by atoms with E-state index in [1.807, 2.05) is 41.0 Å². The number of benzene rings is 2. The van der Waals surface area contributed by atoms with Gasteiger partial charge in [-0.25, -0.2) is 0 Å². The topological polar surface area (TPSA) is 40.6 Å². The summed E-state index contributed by atoms with van der Waals surface area (Å²) in [5, 5.41) is 0. The number of aryl methyl sites for hydroxylation is 2. The van der Waals surface area contributed by atoms with E-state index >= 15 is 0 Å². The van der Waals surface area contributed by atoms with Crippen LogP contribution in [-0.4, -0.2) is 40.7 Å². The molecule has 4 rings (SSSR count). The quantitative estimate of drug-likeness (QED) is 0.731. The maximum Gasteiger partial charge on any atom is 0.250 e. The Morgan fingerprint density at radius 3 is 2.30 bits per heavy atom. The zero-order valence-corrected chi connectivity index (χ0v) is 18.1. The molecule has 158 valence electrons. The van der Waals surface area contributed by atoms with E-state index in [-0.39, 0.29) is 24.4 Å². The minimum Gasteiger partial charge on any atom is -0.328 e. The number of carbonyl (C=O) groups excluding carboxylic acids is 2. The third-order valence-corrected chi connectivity index (χ3v) is 6.72. The monoisotopic (exact) mass is 404 g/mol. The van der Waals surface area contributed by atoms with Gasteiger partial charge in [0.2, 0.25) is 5.91 Å². The Hall–Kier alpha value is -2.62. The van der Waals surface area contributed by atoms with Crippen LogP contribution in [-0.2, 0) is 16.0 Å². The molecule has 4 nitrogen and oxygen atoms in total. The van der Waals surface area contributed by atoms with Gasteiger partial charge in [0.25, 0.3) is 5.91 Å². The van der Waals surface area contributed by atoms with Crippen LogP contribution in [0.2, 0.25) is 0 Å². The van der Waals surface area contributed by atoms with Crippen molar-refractivity contribution in [1.29, 1.82) is 0 Å². The Morgan fingerprint density at radius 1 is 0.900 bits per heavy atom. The highest BCUT2D eigenvalue weighted by molar-refractivity contribution is 5.96. The summed E-state index contributed by atoms with van der Waals surface area (Å²) >= 11 is 0. The minimum atomic E-state index is -0.514. The first-order chi connectivity index (χ1) is 14.5. The average Bonchev–Trinajstić information content (AvgIpc) is 2.76. The van der Waals surface area contributed by atoms with E-state index in [1.165, 1.54) is 17.5 Å². The van der Waals surface area contributed by atoms with Crippen molar-refractivity contribution in [3.05, 3.63) is 70.8 Å². The van der Waals surface area contributed by atoms with Crippen molar-refractivity contribution in [3.8, 4) is 0 Å². The highest BCUT2D eigenvalue weighted by Gasteiger charge is 2.43. The van der Waals surface area contributed by atoms with Gasteiger partial charge in [0, 0.05) is 12.6 Å². The second-order valence-corrected chi connectivity index (χ2v) is 8.84. The molecule has 1 atom stereocenters. The molecule has 1 aliphatic carbocycles. The smallest absolute Gasteiger partial charge is 0.250 e. The molecule has 0 N–H and O–H groups in total. The number of hydrogen-bond donors (Lipinski definition) is 0. The van der Waals surface area contributed by atoms with E-state index in [0.29, 0.717) is 6.54 Å². The molecule has 1 unspecified atom stereocenters. The van der Waals surface area contributed by atoms with Crippen LogP contribution in [0.15, 0.2) is 48.5 Å². The third-order valence-electron chi connectivity index (χ3n) is 6.72. The van der Waals surface area contributed by atoms with Gasteiger partial charge in [0.15, 0.2) is 0 Å². The SMILES string of the molecule is Cc1ccc(CCN2C(=O)CN(C3CCCCC3)C(=O)C2c2ccccc2C)cc1. The van der Waals surface area contributed by atoms with Gasteiger partial charge >= 0.3 is 0 Å². The maximum absolute atomic E-state index is 13.7. The van der Waals surface area contributed by atoms with E-state index in [0.717, 1.165) is 43.2 Å². The molecule has 0 spiro atoms. The highest BCUT2D eigenvalue weighted by Crippen LogP contribution is 2.33. The molecule has 0 radical (unpaired) electrons. The van der Waals surface area contributed by atoms with Crippen LogP contribution < -0.4 is 0 Å². The zero-order chi connectivity index (χ0) is 21.1. The van der Waals surface area contributed by atoms with Crippen LogP contribution in [0.25, 0.3) is 0 Å². The molecule has 2 aliphatic rings. The van der Waals surface area contributed by atoms with Crippen LogP contribution in [0, 0.1) is 13.8 Å². The molecule has 2 aromatic rings. The second kappa shape index (κ2) is 9.03. The molecule has 1 heterocycles. The van der Waals surface area contributed by atoms with Crippen LogP contribution in [0.5, 0.6) is 0 Å². The van der Waals surface area contributed by atoms with Crippen molar-refractivity contribution >= 4 is 11.8 Å². The van der Waals surface area contributed by atoms with Crippen molar-refractivity contribution < 1.29 is 9.59 Å². The lowest BCUT2D eigenvalue weighted by Crippen LogP contribution is -2.59. The van der Waals surface area contributed by atoms with Crippen molar-refractivity contribution in [2.45, 2.75) is 64.5 Å². The van der Waals surface area contributed by atoms with E-state index < -0.39 is 6.04 Å². The van der Waals surface area contributed by atoms with Gasteiger partial charge in [-0.2, -0.15) is 0 Å². The van der Waals surface area contributed by atoms with Gasteiger partial charge in [-0.15, -0.1) is 0 Å². The first kappa shape index (κ1) is 20.6. The van der Waals surface area contributed by atoms with Gasteiger partial charge in [-0.3, -0.25) is 9.59 Å².